The first-order valence-corrected chi connectivity index (χ1v) is 5.30. The molecule has 0 saturated carbocycles. The predicted molar refractivity (Wildman–Crippen MR) is 58.4 cm³/mol. The molecule has 1 aromatic heterocycles. The van der Waals surface area contributed by atoms with Crippen molar-refractivity contribution in [1.82, 2.24) is 9.78 Å². The Morgan fingerprint density at radius 2 is 2.00 bits per heavy atom. The third-order valence-corrected chi connectivity index (χ3v) is 2.87. The maximum Gasteiger partial charge on any atom is 0.150 e. The van der Waals surface area contributed by atoms with E-state index in [1.807, 2.05) is 11.7 Å². The minimum absolute atomic E-state index is 0.872. The van der Waals surface area contributed by atoms with Crippen molar-refractivity contribution in [3.05, 3.63) is 5.69 Å². The van der Waals surface area contributed by atoms with Gasteiger partial charge in [0.25, 0.3) is 0 Å². The molecule has 0 radical (unpaired) electrons. The van der Waals surface area contributed by atoms with Gasteiger partial charge in [0.05, 0.1) is 11.4 Å². The van der Waals surface area contributed by atoms with E-state index in [1.54, 1.807) is 0 Å². The molecule has 4 nitrogen and oxygen atoms in total. The quantitative estimate of drug-likeness (QED) is 0.768. The summed E-state index contributed by atoms with van der Waals surface area (Å²) in [4.78, 5) is 2.33. The molecule has 1 aliphatic rings. The fraction of sp³-hybridized carbons (Fsp3) is 0.700. The van der Waals surface area contributed by atoms with Gasteiger partial charge in [0.15, 0.2) is 0 Å². The van der Waals surface area contributed by atoms with Crippen LogP contribution in [0.4, 0.5) is 11.5 Å². The summed E-state index contributed by atoms with van der Waals surface area (Å²) in [5.74, 6) is 1.11. The van der Waals surface area contributed by atoms with Crippen LogP contribution in [0.1, 0.15) is 25.5 Å². The summed E-state index contributed by atoms with van der Waals surface area (Å²) in [5, 5.41) is 4.42. The van der Waals surface area contributed by atoms with E-state index in [2.05, 4.69) is 16.9 Å². The molecule has 1 aliphatic heterocycles. The summed E-state index contributed by atoms with van der Waals surface area (Å²) >= 11 is 0. The summed E-state index contributed by atoms with van der Waals surface area (Å²) in [7, 11) is 1.98. The highest BCUT2D eigenvalue weighted by atomic mass is 15.4. The van der Waals surface area contributed by atoms with Gasteiger partial charge in [-0.1, -0.05) is 6.92 Å². The SMILES string of the molecule is CCc1nn(C)c(N2CCCC2)c1N. The Hall–Kier alpha value is -1.19. The molecule has 2 heterocycles. The molecule has 78 valence electrons. The van der Waals surface area contributed by atoms with E-state index in [1.165, 1.54) is 12.8 Å². The van der Waals surface area contributed by atoms with Gasteiger partial charge in [-0.2, -0.15) is 5.10 Å². The second-order valence-electron chi connectivity index (χ2n) is 3.86. The van der Waals surface area contributed by atoms with Gasteiger partial charge in [-0.25, -0.2) is 0 Å². The molecule has 0 unspecified atom stereocenters. The maximum absolute atomic E-state index is 6.07. The monoisotopic (exact) mass is 194 g/mol. The van der Waals surface area contributed by atoms with Gasteiger partial charge in [-0.3, -0.25) is 4.68 Å². The van der Waals surface area contributed by atoms with Crippen molar-refractivity contribution in [3.63, 3.8) is 0 Å². The largest absolute Gasteiger partial charge is 0.394 e. The molecular formula is C10H18N4. The van der Waals surface area contributed by atoms with Crippen molar-refractivity contribution < 1.29 is 0 Å². The lowest BCUT2D eigenvalue weighted by Gasteiger charge is -2.17. The lowest BCUT2D eigenvalue weighted by atomic mass is 10.3. The molecular weight excluding hydrogens is 176 g/mol. The van der Waals surface area contributed by atoms with Crippen LogP contribution in [-0.2, 0) is 13.5 Å². The van der Waals surface area contributed by atoms with Gasteiger partial charge in [0.1, 0.15) is 5.82 Å². The summed E-state index contributed by atoms with van der Waals surface area (Å²) in [5.41, 5.74) is 7.96. The zero-order valence-electron chi connectivity index (χ0n) is 8.95. The number of rotatable bonds is 2. The van der Waals surface area contributed by atoms with E-state index in [-0.39, 0.29) is 0 Å². The van der Waals surface area contributed by atoms with Crippen molar-refractivity contribution in [2.24, 2.45) is 7.05 Å². The molecule has 1 fully saturated rings. The fourth-order valence-electron chi connectivity index (χ4n) is 2.15. The molecule has 0 aliphatic carbocycles. The summed E-state index contributed by atoms with van der Waals surface area (Å²) < 4.78 is 1.92. The molecule has 0 spiro atoms. The lowest BCUT2D eigenvalue weighted by Crippen LogP contribution is -2.21. The molecule has 2 rings (SSSR count). The Morgan fingerprint density at radius 3 is 2.50 bits per heavy atom. The molecule has 14 heavy (non-hydrogen) atoms. The van der Waals surface area contributed by atoms with E-state index in [9.17, 15) is 0 Å². The van der Waals surface area contributed by atoms with Gasteiger partial charge in [0.2, 0.25) is 0 Å². The smallest absolute Gasteiger partial charge is 0.150 e. The Labute approximate surface area is 84.7 Å². The molecule has 4 heteroatoms. The van der Waals surface area contributed by atoms with Crippen LogP contribution < -0.4 is 10.6 Å². The number of hydrogen-bond acceptors (Lipinski definition) is 3. The topological polar surface area (TPSA) is 47.1 Å². The minimum atomic E-state index is 0.872. The van der Waals surface area contributed by atoms with Gasteiger partial charge >= 0.3 is 0 Å². The number of aryl methyl sites for hydroxylation is 2. The Balaban J connectivity index is 2.35. The van der Waals surface area contributed by atoms with E-state index >= 15 is 0 Å². The third-order valence-electron chi connectivity index (χ3n) is 2.87. The first-order valence-electron chi connectivity index (χ1n) is 5.30. The van der Waals surface area contributed by atoms with Crippen molar-refractivity contribution in [2.75, 3.05) is 23.7 Å². The average molecular weight is 194 g/mol. The van der Waals surface area contributed by atoms with Crippen molar-refractivity contribution in [1.29, 1.82) is 0 Å². The molecule has 1 aromatic rings. The van der Waals surface area contributed by atoms with Gasteiger partial charge < -0.3 is 10.6 Å². The average Bonchev–Trinajstić information content (AvgIpc) is 2.74. The first kappa shape index (κ1) is 9.37. The van der Waals surface area contributed by atoms with Gasteiger partial charge in [-0.05, 0) is 19.3 Å². The first-order chi connectivity index (χ1) is 6.74. The van der Waals surface area contributed by atoms with Crippen LogP contribution in [0.25, 0.3) is 0 Å². The van der Waals surface area contributed by atoms with E-state index in [0.717, 1.165) is 36.7 Å². The summed E-state index contributed by atoms with van der Waals surface area (Å²) in [6, 6.07) is 0. The van der Waals surface area contributed by atoms with E-state index < -0.39 is 0 Å². The second kappa shape index (κ2) is 3.52. The van der Waals surface area contributed by atoms with Crippen molar-refractivity contribution >= 4 is 11.5 Å². The van der Waals surface area contributed by atoms with Gasteiger partial charge in [0, 0.05) is 20.1 Å². The van der Waals surface area contributed by atoms with E-state index in [0.29, 0.717) is 0 Å². The van der Waals surface area contributed by atoms with Crippen molar-refractivity contribution in [2.45, 2.75) is 26.2 Å². The highest BCUT2D eigenvalue weighted by molar-refractivity contribution is 5.66. The Kier molecular flexibility index (Phi) is 2.35. The molecule has 1 saturated heterocycles. The molecule has 0 amide bonds. The van der Waals surface area contributed by atoms with E-state index in [4.69, 9.17) is 5.73 Å². The summed E-state index contributed by atoms with van der Waals surface area (Å²) in [6.45, 7) is 4.33. The van der Waals surface area contributed by atoms with Crippen LogP contribution in [-0.4, -0.2) is 22.9 Å². The van der Waals surface area contributed by atoms with Crippen LogP contribution in [0.2, 0.25) is 0 Å². The Bertz CT molecular complexity index is 323. The van der Waals surface area contributed by atoms with Crippen LogP contribution in [0, 0.1) is 0 Å². The second-order valence-corrected chi connectivity index (χ2v) is 3.86. The molecule has 0 atom stereocenters. The number of anilines is 2. The lowest BCUT2D eigenvalue weighted by molar-refractivity contribution is 0.724. The summed E-state index contributed by atoms with van der Waals surface area (Å²) in [6.07, 6.45) is 3.45. The highest BCUT2D eigenvalue weighted by Crippen LogP contribution is 2.28. The molecule has 0 aromatic carbocycles. The predicted octanol–water partition coefficient (Wildman–Crippen LogP) is 1.16. The molecule has 2 N–H and O–H groups in total. The molecule has 0 bridgehead atoms. The van der Waals surface area contributed by atoms with Crippen LogP contribution in [0.3, 0.4) is 0 Å². The van der Waals surface area contributed by atoms with Crippen LogP contribution in [0.15, 0.2) is 0 Å². The van der Waals surface area contributed by atoms with Crippen LogP contribution in [0.5, 0.6) is 0 Å². The van der Waals surface area contributed by atoms with Crippen molar-refractivity contribution in [3.8, 4) is 0 Å². The minimum Gasteiger partial charge on any atom is -0.394 e. The standard InChI is InChI=1S/C10H18N4/c1-3-8-9(11)10(13(2)12-8)14-6-4-5-7-14/h3-7,11H2,1-2H3. The maximum atomic E-state index is 6.07. The highest BCUT2D eigenvalue weighted by Gasteiger charge is 2.20. The van der Waals surface area contributed by atoms with Gasteiger partial charge in [-0.15, -0.1) is 0 Å². The zero-order valence-corrected chi connectivity index (χ0v) is 8.95. The normalized spacial score (nSPS) is 16.6. The fourth-order valence-corrected chi connectivity index (χ4v) is 2.15. The number of hydrogen-bond donors (Lipinski definition) is 1. The number of nitrogens with zero attached hydrogens (tertiary/aromatic N) is 3. The number of aromatic nitrogens is 2. The number of nitrogen functional groups attached to an aromatic ring is 1. The Morgan fingerprint density at radius 1 is 1.36 bits per heavy atom. The third kappa shape index (κ3) is 1.35. The van der Waals surface area contributed by atoms with Crippen LogP contribution >= 0.6 is 0 Å². The number of nitrogens with two attached hydrogens (primary N) is 1. The zero-order chi connectivity index (χ0) is 10.1.